The third kappa shape index (κ3) is 3.79. The molecule has 0 saturated carbocycles. The van der Waals surface area contributed by atoms with Crippen LogP contribution in [0.1, 0.15) is 24.8 Å². The lowest BCUT2D eigenvalue weighted by Gasteiger charge is -2.26. The van der Waals surface area contributed by atoms with Gasteiger partial charge in [-0.25, -0.2) is 13.4 Å². The summed E-state index contributed by atoms with van der Waals surface area (Å²) in [4.78, 5) is 4.28. The van der Waals surface area contributed by atoms with Crippen LogP contribution >= 0.6 is 0 Å². The number of hydrogen-bond donors (Lipinski definition) is 1. The lowest BCUT2D eigenvalue weighted by Crippen LogP contribution is -2.35. The van der Waals surface area contributed by atoms with E-state index >= 15 is 0 Å². The highest BCUT2D eigenvalue weighted by atomic mass is 32.2. The van der Waals surface area contributed by atoms with E-state index in [4.69, 9.17) is 10.00 Å². The standard InChI is InChI=1S/C18H20N4O3S/c1-25-16-7-6-15(21-18-8-5-14(12-19)13-20-18)11-17(16)26(23,24)22-9-3-2-4-10-22/h5-8,11,13H,2-4,9-10H2,1H3,(H,20,21). The summed E-state index contributed by atoms with van der Waals surface area (Å²) in [6, 6.07) is 10.2. The lowest BCUT2D eigenvalue weighted by atomic mass is 10.2. The topological polar surface area (TPSA) is 95.3 Å². The van der Waals surface area contributed by atoms with Crippen molar-refractivity contribution >= 4 is 21.5 Å². The van der Waals surface area contributed by atoms with Gasteiger partial charge in [0.1, 0.15) is 22.5 Å². The molecule has 1 aromatic carbocycles. The van der Waals surface area contributed by atoms with Crippen molar-refractivity contribution in [1.82, 2.24) is 9.29 Å². The molecule has 0 amide bonds. The van der Waals surface area contributed by atoms with Crippen LogP contribution in [-0.4, -0.2) is 37.9 Å². The Labute approximate surface area is 153 Å². The Morgan fingerprint density at radius 1 is 1.19 bits per heavy atom. The summed E-state index contributed by atoms with van der Waals surface area (Å²) in [7, 11) is -2.17. The lowest BCUT2D eigenvalue weighted by molar-refractivity contribution is 0.343. The summed E-state index contributed by atoms with van der Waals surface area (Å²) in [6.07, 6.45) is 4.25. The molecule has 1 aliphatic heterocycles. The minimum Gasteiger partial charge on any atom is -0.495 e. The third-order valence-corrected chi connectivity index (χ3v) is 6.18. The van der Waals surface area contributed by atoms with E-state index in [0.717, 1.165) is 19.3 Å². The summed E-state index contributed by atoms with van der Waals surface area (Å²) in [5.74, 6) is 0.837. The molecule has 2 aromatic rings. The van der Waals surface area contributed by atoms with Crippen molar-refractivity contribution in [3.8, 4) is 11.8 Å². The molecule has 1 saturated heterocycles. The summed E-state index contributed by atoms with van der Waals surface area (Å²) < 4.78 is 32.8. The molecular formula is C18H20N4O3S. The summed E-state index contributed by atoms with van der Waals surface area (Å²) in [5, 5.41) is 11.9. The maximum atomic E-state index is 13.0. The first-order chi connectivity index (χ1) is 12.5. The second-order valence-electron chi connectivity index (χ2n) is 6.00. The average molecular weight is 372 g/mol. The Hall–Kier alpha value is -2.63. The van der Waals surface area contributed by atoms with Crippen LogP contribution in [0.15, 0.2) is 41.4 Å². The molecule has 0 aliphatic carbocycles. The van der Waals surface area contributed by atoms with Crippen LogP contribution in [0.4, 0.5) is 11.5 Å². The number of benzene rings is 1. The van der Waals surface area contributed by atoms with E-state index in [1.165, 1.54) is 17.6 Å². The first-order valence-electron chi connectivity index (χ1n) is 8.36. The van der Waals surface area contributed by atoms with Gasteiger partial charge >= 0.3 is 0 Å². The maximum Gasteiger partial charge on any atom is 0.246 e. The highest BCUT2D eigenvalue weighted by Gasteiger charge is 2.29. The van der Waals surface area contributed by atoms with Crippen LogP contribution in [0.25, 0.3) is 0 Å². The Kier molecular flexibility index (Phi) is 5.40. The van der Waals surface area contributed by atoms with Crippen molar-refractivity contribution in [2.24, 2.45) is 0 Å². The Balaban J connectivity index is 1.91. The fourth-order valence-corrected chi connectivity index (χ4v) is 4.58. The van der Waals surface area contributed by atoms with E-state index < -0.39 is 10.0 Å². The van der Waals surface area contributed by atoms with Gasteiger partial charge in [0, 0.05) is 25.0 Å². The van der Waals surface area contributed by atoms with Gasteiger partial charge in [-0.1, -0.05) is 6.42 Å². The highest BCUT2D eigenvalue weighted by molar-refractivity contribution is 7.89. The zero-order chi connectivity index (χ0) is 18.6. The van der Waals surface area contributed by atoms with Gasteiger partial charge in [0.25, 0.3) is 0 Å². The molecule has 1 N–H and O–H groups in total. The molecule has 1 fully saturated rings. The van der Waals surface area contributed by atoms with Gasteiger partial charge in [-0.3, -0.25) is 0 Å². The smallest absolute Gasteiger partial charge is 0.246 e. The van der Waals surface area contributed by atoms with Crippen LogP contribution in [0.5, 0.6) is 5.75 Å². The first kappa shape index (κ1) is 18.2. The number of nitrogens with zero attached hydrogens (tertiary/aromatic N) is 3. The molecule has 8 heteroatoms. The van der Waals surface area contributed by atoms with E-state index in [0.29, 0.717) is 35.9 Å². The zero-order valence-corrected chi connectivity index (χ0v) is 15.3. The van der Waals surface area contributed by atoms with E-state index in [1.54, 1.807) is 30.3 Å². The van der Waals surface area contributed by atoms with Crippen LogP contribution in [0, 0.1) is 11.3 Å². The second-order valence-corrected chi connectivity index (χ2v) is 7.91. The number of pyridine rings is 1. The predicted octanol–water partition coefficient (Wildman–Crippen LogP) is 2.88. The van der Waals surface area contributed by atoms with Crippen molar-refractivity contribution in [3.05, 3.63) is 42.1 Å². The number of piperidine rings is 1. The quantitative estimate of drug-likeness (QED) is 0.867. The molecular weight excluding hydrogens is 352 g/mol. The molecule has 1 aromatic heterocycles. The molecule has 136 valence electrons. The minimum atomic E-state index is -3.63. The van der Waals surface area contributed by atoms with Gasteiger partial charge in [0.15, 0.2) is 0 Å². The predicted molar refractivity (Wildman–Crippen MR) is 97.8 cm³/mol. The van der Waals surface area contributed by atoms with Crippen molar-refractivity contribution in [1.29, 1.82) is 5.26 Å². The Morgan fingerprint density at radius 2 is 1.96 bits per heavy atom. The number of nitrogens with one attached hydrogen (secondary N) is 1. The normalized spacial score (nSPS) is 15.2. The molecule has 2 heterocycles. The van der Waals surface area contributed by atoms with Crippen molar-refractivity contribution in [2.75, 3.05) is 25.5 Å². The van der Waals surface area contributed by atoms with Crippen molar-refractivity contribution in [3.63, 3.8) is 0 Å². The number of aromatic nitrogens is 1. The number of nitriles is 1. The molecule has 3 rings (SSSR count). The highest BCUT2D eigenvalue weighted by Crippen LogP contribution is 2.31. The van der Waals surface area contributed by atoms with Crippen molar-refractivity contribution in [2.45, 2.75) is 24.2 Å². The van der Waals surface area contributed by atoms with Gasteiger partial charge in [0.05, 0.1) is 12.7 Å². The Morgan fingerprint density at radius 3 is 2.58 bits per heavy atom. The van der Waals surface area contributed by atoms with Gasteiger partial charge < -0.3 is 10.1 Å². The molecule has 0 spiro atoms. The summed E-state index contributed by atoms with van der Waals surface area (Å²) >= 11 is 0. The monoisotopic (exact) mass is 372 g/mol. The Bertz CT molecular complexity index is 914. The maximum absolute atomic E-state index is 13.0. The fourth-order valence-electron chi connectivity index (χ4n) is 2.88. The van der Waals surface area contributed by atoms with Gasteiger partial charge in [-0.05, 0) is 43.2 Å². The van der Waals surface area contributed by atoms with Crippen LogP contribution < -0.4 is 10.1 Å². The number of rotatable bonds is 5. The SMILES string of the molecule is COc1ccc(Nc2ccc(C#N)cn2)cc1S(=O)(=O)N1CCCCC1. The summed E-state index contributed by atoms with van der Waals surface area (Å²) in [6.45, 7) is 1.06. The average Bonchev–Trinajstić information content (AvgIpc) is 2.69. The fraction of sp³-hybridized carbons (Fsp3) is 0.333. The first-order valence-corrected chi connectivity index (χ1v) is 9.80. The molecule has 1 aliphatic rings. The van der Waals surface area contributed by atoms with Gasteiger partial charge in [-0.15, -0.1) is 0 Å². The van der Waals surface area contributed by atoms with E-state index in [2.05, 4.69) is 10.3 Å². The molecule has 0 atom stereocenters. The summed E-state index contributed by atoms with van der Waals surface area (Å²) in [5.41, 5.74) is 1.04. The molecule has 26 heavy (non-hydrogen) atoms. The van der Waals surface area contributed by atoms with Gasteiger partial charge in [-0.2, -0.15) is 9.57 Å². The second kappa shape index (κ2) is 7.72. The molecule has 0 unspecified atom stereocenters. The molecule has 0 bridgehead atoms. The minimum absolute atomic E-state index is 0.139. The zero-order valence-electron chi connectivity index (χ0n) is 14.5. The van der Waals surface area contributed by atoms with Gasteiger partial charge in [0.2, 0.25) is 10.0 Å². The number of sulfonamides is 1. The number of hydrogen-bond acceptors (Lipinski definition) is 6. The van der Waals surface area contributed by atoms with Crippen LogP contribution in [0.2, 0.25) is 0 Å². The third-order valence-electron chi connectivity index (χ3n) is 4.26. The van der Waals surface area contributed by atoms with Crippen LogP contribution in [0.3, 0.4) is 0 Å². The molecule has 7 nitrogen and oxygen atoms in total. The largest absolute Gasteiger partial charge is 0.495 e. The van der Waals surface area contributed by atoms with E-state index in [9.17, 15) is 8.42 Å². The number of methoxy groups -OCH3 is 1. The van der Waals surface area contributed by atoms with Crippen molar-refractivity contribution < 1.29 is 13.2 Å². The van der Waals surface area contributed by atoms with E-state index in [-0.39, 0.29) is 4.90 Å². The number of ether oxygens (including phenoxy) is 1. The molecule has 0 radical (unpaired) electrons. The van der Waals surface area contributed by atoms with E-state index in [1.807, 2.05) is 6.07 Å². The van der Waals surface area contributed by atoms with Crippen LogP contribution in [-0.2, 0) is 10.0 Å². The number of anilines is 2.